The van der Waals surface area contributed by atoms with Crippen LogP contribution in [0.25, 0.3) is 22.3 Å². The van der Waals surface area contributed by atoms with Gasteiger partial charge < -0.3 is 9.30 Å². The summed E-state index contributed by atoms with van der Waals surface area (Å²) in [5.41, 5.74) is 2.55. The van der Waals surface area contributed by atoms with E-state index in [1.165, 1.54) is 0 Å². The van der Waals surface area contributed by atoms with Crippen LogP contribution in [0.1, 0.15) is 25.7 Å². The third kappa shape index (κ3) is 3.98. The molecule has 1 aliphatic carbocycles. The van der Waals surface area contributed by atoms with E-state index in [2.05, 4.69) is 40.8 Å². The van der Waals surface area contributed by atoms with Crippen molar-refractivity contribution >= 4 is 19.1 Å². The SMILES string of the molecule is C[Si](C)(C)CCOCn1ccc2c(-c3cnn(C4(CC#N)CCC4)c3)ncnc21. The molecule has 3 heterocycles. The summed E-state index contributed by atoms with van der Waals surface area (Å²) in [6.07, 6.45) is 11.1. The van der Waals surface area contributed by atoms with Crippen molar-refractivity contribution < 1.29 is 4.74 Å². The Balaban J connectivity index is 1.55. The molecule has 152 valence electrons. The lowest BCUT2D eigenvalue weighted by Gasteiger charge is -2.40. The molecule has 7 nitrogen and oxygen atoms in total. The Bertz CT molecular complexity index is 1040. The number of nitrogens with zero attached hydrogens (tertiary/aromatic N) is 6. The second kappa shape index (κ2) is 7.73. The first-order chi connectivity index (χ1) is 13.9. The molecule has 29 heavy (non-hydrogen) atoms. The van der Waals surface area contributed by atoms with Gasteiger partial charge in [0.15, 0.2) is 0 Å². The summed E-state index contributed by atoms with van der Waals surface area (Å²) in [6.45, 7) is 8.33. The van der Waals surface area contributed by atoms with Crippen LogP contribution in [-0.4, -0.2) is 39.0 Å². The zero-order valence-corrected chi connectivity index (χ0v) is 18.4. The van der Waals surface area contributed by atoms with Crippen LogP contribution in [0.15, 0.2) is 31.0 Å². The minimum atomic E-state index is -1.09. The van der Waals surface area contributed by atoms with Crippen molar-refractivity contribution in [2.24, 2.45) is 0 Å². The largest absolute Gasteiger partial charge is 0.361 e. The number of rotatable bonds is 8. The number of nitriles is 1. The van der Waals surface area contributed by atoms with Crippen LogP contribution in [0, 0.1) is 11.3 Å². The first-order valence-corrected chi connectivity index (χ1v) is 13.9. The van der Waals surface area contributed by atoms with Crippen molar-refractivity contribution in [3.8, 4) is 17.3 Å². The first kappa shape index (κ1) is 19.8. The van der Waals surface area contributed by atoms with Crippen LogP contribution in [0.3, 0.4) is 0 Å². The van der Waals surface area contributed by atoms with E-state index in [0.29, 0.717) is 13.2 Å². The summed E-state index contributed by atoms with van der Waals surface area (Å²) in [5.74, 6) is 0. The molecule has 4 rings (SSSR count). The second-order valence-electron chi connectivity index (χ2n) is 9.18. The topological polar surface area (TPSA) is 81.5 Å². The molecule has 1 saturated carbocycles. The van der Waals surface area contributed by atoms with Gasteiger partial charge >= 0.3 is 0 Å². The van der Waals surface area contributed by atoms with E-state index in [9.17, 15) is 5.26 Å². The summed E-state index contributed by atoms with van der Waals surface area (Å²) in [4.78, 5) is 9.00. The van der Waals surface area contributed by atoms with Gasteiger partial charge in [0.05, 0.1) is 29.9 Å². The molecule has 0 radical (unpaired) electrons. The molecule has 8 heteroatoms. The zero-order valence-electron chi connectivity index (χ0n) is 17.4. The molecule has 0 unspecified atom stereocenters. The van der Waals surface area contributed by atoms with Gasteiger partial charge in [0, 0.05) is 38.0 Å². The highest BCUT2D eigenvalue weighted by Crippen LogP contribution is 2.42. The quantitative estimate of drug-likeness (QED) is 0.407. The van der Waals surface area contributed by atoms with Gasteiger partial charge in [-0.1, -0.05) is 19.6 Å². The van der Waals surface area contributed by atoms with Crippen LogP contribution in [-0.2, 0) is 17.0 Å². The molecule has 0 saturated heterocycles. The Kier molecular flexibility index (Phi) is 5.28. The Labute approximate surface area is 172 Å². The highest BCUT2D eigenvalue weighted by molar-refractivity contribution is 6.76. The summed E-state index contributed by atoms with van der Waals surface area (Å²) in [5, 5.41) is 14.8. The maximum absolute atomic E-state index is 9.21. The van der Waals surface area contributed by atoms with E-state index in [1.54, 1.807) is 6.33 Å². The van der Waals surface area contributed by atoms with Gasteiger partial charge in [0.1, 0.15) is 18.7 Å². The van der Waals surface area contributed by atoms with Crippen molar-refractivity contribution in [2.45, 2.75) is 63.6 Å². The molecule has 0 atom stereocenters. The molecule has 1 fully saturated rings. The molecule has 0 aliphatic heterocycles. The highest BCUT2D eigenvalue weighted by Gasteiger charge is 2.39. The third-order valence-electron chi connectivity index (χ3n) is 5.82. The average molecular weight is 409 g/mol. The Morgan fingerprint density at radius 1 is 1.28 bits per heavy atom. The number of hydrogen-bond donors (Lipinski definition) is 0. The standard InChI is InChI=1S/C21H28N6OSi/c1-29(2,3)12-11-28-16-26-10-5-18-19(23-15-24-20(18)26)17-13-25-27(14-17)21(8-9-22)6-4-7-21/h5,10,13-15H,4,6-8,11-12,16H2,1-3H3. The van der Waals surface area contributed by atoms with E-state index >= 15 is 0 Å². The predicted octanol–water partition coefficient (Wildman–Crippen LogP) is 4.40. The molecule has 0 amide bonds. The van der Waals surface area contributed by atoms with E-state index in [0.717, 1.165) is 54.2 Å². The smallest absolute Gasteiger partial charge is 0.145 e. The van der Waals surface area contributed by atoms with Crippen LogP contribution >= 0.6 is 0 Å². The van der Waals surface area contributed by atoms with Gasteiger partial charge in [-0.05, 0) is 31.4 Å². The summed E-state index contributed by atoms with van der Waals surface area (Å²) in [6, 6.07) is 5.51. The maximum atomic E-state index is 9.21. The number of aromatic nitrogens is 5. The fourth-order valence-electron chi connectivity index (χ4n) is 3.80. The fraction of sp³-hybridized carbons (Fsp3) is 0.524. The van der Waals surface area contributed by atoms with Gasteiger partial charge in [-0.3, -0.25) is 4.68 Å². The molecule has 3 aromatic heterocycles. The number of fused-ring (bicyclic) bond motifs is 1. The fourth-order valence-corrected chi connectivity index (χ4v) is 4.56. The number of ether oxygens (including phenoxy) is 1. The molecule has 0 spiro atoms. The van der Waals surface area contributed by atoms with E-state index < -0.39 is 8.07 Å². The Morgan fingerprint density at radius 3 is 2.79 bits per heavy atom. The summed E-state index contributed by atoms with van der Waals surface area (Å²) < 4.78 is 9.89. The summed E-state index contributed by atoms with van der Waals surface area (Å²) in [7, 11) is -1.09. The van der Waals surface area contributed by atoms with Gasteiger partial charge in [-0.15, -0.1) is 0 Å². The second-order valence-corrected chi connectivity index (χ2v) is 14.8. The molecule has 0 N–H and O–H groups in total. The van der Waals surface area contributed by atoms with Crippen molar-refractivity contribution in [3.05, 3.63) is 31.0 Å². The monoisotopic (exact) mass is 408 g/mol. The van der Waals surface area contributed by atoms with E-state index in [-0.39, 0.29) is 5.54 Å². The van der Waals surface area contributed by atoms with Gasteiger partial charge in [0.25, 0.3) is 0 Å². The van der Waals surface area contributed by atoms with Crippen LogP contribution < -0.4 is 0 Å². The zero-order chi connectivity index (χ0) is 20.5. The Hall–Kier alpha value is -2.50. The van der Waals surface area contributed by atoms with Crippen molar-refractivity contribution in [2.75, 3.05) is 6.61 Å². The maximum Gasteiger partial charge on any atom is 0.145 e. The lowest BCUT2D eigenvalue weighted by Crippen LogP contribution is -2.40. The lowest BCUT2D eigenvalue weighted by atomic mass is 9.75. The highest BCUT2D eigenvalue weighted by atomic mass is 28.3. The lowest BCUT2D eigenvalue weighted by molar-refractivity contribution is 0.0899. The number of hydrogen-bond acceptors (Lipinski definition) is 5. The molecular weight excluding hydrogens is 380 g/mol. The molecule has 0 bridgehead atoms. The average Bonchev–Trinajstić information content (AvgIpc) is 3.28. The van der Waals surface area contributed by atoms with Crippen molar-refractivity contribution in [1.82, 2.24) is 24.3 Å². The molecule has 3 aromatic rings. The minimum absolute atomic E-state index is 0.144. The van der Waals surface area contributed by atoms with Crippen molar-refractivity contribution in [3.63, 3.8) is 0 Å². The molecule has 0 aromatic carbocycles. The van der Waals surface area contributed by atoms with E-state index in [1.807, 2.05) is 33.9 Å². The molecule has 1 aliphatic rings. The van der Waals surface area contributed by atoms with Crippen LogP contribution in [0.2, 0.25) is 25.7 Å². The first-order valence-electron chi connectivity index (χ1n) is 10.2. The third-order valence-corrected chi connectivity index (χ3v) is 7.52. The van der Waals surface area contributed by atoms with E-state index in [4.69, 9.17) is 4.74 Å². The Morgan fingerprint density at radius 2 is 2.10 bits per heavy atom. The predicted molar refractivity (Wildman–Crippen MR) is 115 cm³/mol. The van der Waals surface area contributed by atoms with Crippen LogP contribution in [0.4, 0.5) is 0 Å². The minimum Gasteiger partial charge on any atom is -0.361 e. The van der Waals surface area contributed by atoms with Gasteiger partial charge in [-0.25, -0.2) is 9.97 Å². The van der Waals surface area contributed by atoms with Crippen molar-refractivity contribution in [1.29, 1.82) is 5.26 Å². The summed E-state index contributed by atoms with van der Waals surface area (Å²) >= 11 is 0. The normalized spacial score (nSPS) is 15.9. The van der Waals surface area contributed by atoms with Gasteiger partial charge in [-0.2, -0.15) is 10.4 Å². The van der Waals surface area contributed by atoms with Crippen LogP contribution in [0.5, 0.6) is 0 Å². The van der Waals surface area contributed by atoms with Gasteiger partial charge in [0.2, 0.25) is 0 Å². The molecular formula is C21H28N6OSi.